The number of hydrogen-bond acceptors (Lipinski definition) is 6. The topological polar surface area (TPSA) is 105 Å². The van der Waals surface area contributed by atoms with Crippen molar-refractivity contribution in [3.8, 4) is 11.3 Å². The molecule has 0 aliphatic carbocycles. The first-order chi connectivity index (χ1) is 15.9. The van der Waals surface area contributed by atoms with Gasteiger partial charge in [-0.1, -0.05) is 11.6 Å². The molecule has 0 spiro atoms. The van der Waals surface area contributed by atoms with E-state index in [1.54, 1.807) is 42.7 Å². The Morgan fingerprint density at radius 1 is 1.15 bits per heavy atom. The van der Waals surface area contributed by atoms with Gasteiger partial charge in [-0.05, 0) is 44.5 Å². The molecule has 2 aromatic rings. The van der Waals surface area contributed by atoms with Crippen LogP contribution in [0.1, 0.15) is 49.8 Å². The highest BCUT2D eigenvalue weighted by molar-refractivity contribution is 6.29. The molecule has 182 valence electrons. The molecule has 0 aromatic carbocycles. The van der Waals surface area contributed by atoms with Crippen LogP contribution in [0.4, 0.5) is 9.18 Å². The number of nitrogens with one attached hydrogen (secondary N) is 1. The molecule has 3 heterocycles. The van der Waals surface area contributed by atoms with Crippen LogP contribution in [0.25, 0.3) is 11.3 Å². The molecule has 1 atom stereocenters. The zero-order chi connectivity index (χ0) is 25.2. The maximum atomic E-state index is 14.1. The third-order valence-electron chi connectivity index (χ3n) is 5.19. The number of pyridine rings is 2. The number of rotatable bonds is 3. The Morgan fingerprint density at radius 3 is 2.47 bits per heavy atom. The van der Waals surface area contributed by atoms with Gasteiger partial charge < -0.3 is 19.9 Å². The van der Waals surface area contributed by atoms with Crippen molar-refractivity contribution in [2.45, 2.75) is 39.3 Å². The van der Waals surface area contributed by atoms with Gasteiger partial charge >= 0.3 is 6.09 Å². The summed E-state index contributed by atoms with van der Waals surface area (Å²) in [6, 6.07) is 5.28. The van der Waals surface area contributed by atoms with E-state index in [9.17, 15) is 18.8 Å². The highest BCUT2D eigenvalue weighted by Crippen LogP contribution is 2.31. The average Bonchev–Trinajstić information content (AvgIpc) is 2.76. The van der Waals surface area contributed by atoms with E-state index in [-0.39, 0.29) is 23.3 Å². The monoisotopic (exact) mass is 491 g/mol. The number of carbonyl (C=O) groups is 3. The number of carbonyl (C=O) groups excluding carboxylic acids is 3. The van der Waals surface area contributed by atoms with E-state index in [2.05, 4.69) is 15.3 Å². The van der Waals surface area contributed by atoms with Gasteiger partial charge in [0.05, 0.1) is 11.7 Å². The van der Waals surface area contributed by atoms with E-state index in [1.165, 1.54) is 20.0 Å². The van der Waals surface area contributed by atoms with Gasteiger partial charge in [0, 0.05) is 45.2 Å². The second-order valence-corrected chi connectivity index (χ2v) is 9.29. The molecule has 0 radical (unpaired) electrons. The highest BCUT2D eigenvalue weighted by atomic mass is 35.5. The molecule has 1 fully saturated rings. The number of ether oxygens (including phenoxy) is 1. The number of nitrogens with zero attached hydrogens (tertiary/aromatic N) is 4. The normalized spacial score (nSPS) is 16.3. The van der Waals surface area contributed by atoms with Gasteiger partial charge in [-0.2, -0.15) is 4.39 Å². The van der Waals surface area contributed by atoms with Gasteiger partial charge in [0.25, 0.3) is 5.91 Å². The van der Waals surface area contributed by atoms with Crippen LogP contribution in [0.2, 0.25) is 5.15 Å². The first kappa shape index (κ1) is 25.4. The SMILES string of the molecule is CNC(=O)c1cc(-c2cc([C@@H]3CN(C(=O)OC(C)(C)C)CCN3C(C)=O)cc(Cl)n2)cc(F)n1. The maximum Gasteiger partial charge on any atom is 0.410 e. The standard InChI is InChI=1S/C23H27ClFN5O4/c1-13(31)30-7-6-29(22(33)34-23(2,3)4)12-18(30)15-9-16(27-19(24)10-15)14-8-17(21(32)26-5)28-20(25)11-14/h8-11,18H,6-7,12H2,1-5H3,(H,26,32)/t18-/m0/s1. The predicted molar refractivity (Wildman–Crippen MR) is 124 cm³/mol. The molecule has 0 bridgehead atoms. The minimum absolute atomic E-state index is 0.111. The molecule has 1 saturated heterocycles. The Hall–Kier alpha value is -3.27. The number of hydrogen-bond donors (Lipinski definition) is 1. The van der Waals surface area contributed by atoms with Crippen LogP contribution in [0.15, 0.2) is 24.3 Å². The summed E-state index contributed by atoms with van der Waals surface area (Å²) < 4.78 is 19.6. The number of aromatic nitrogens is 2. The summed E-state index contributed by atoms with van der Waals surface area (Å²) >= 11 is 6.29. The van der Waals surface area contributed by atoms with Crippen LogP contribution >= 0.6 is 11.6 Å². The van der Waals surface area contributed by atoms with E-state index in [4.69, 9.17) is 16.3 Å². The fourth-order valence-electron chi connectivity index (χ4n) is 3.68. The Bertz CT molecular complexity index is 1120. The molecule has 0 saturated carbocycles. The highest BCUT2D eigenvalue weighted by Gasteiger charge is 2.34. The summed E-state index contributed by atoms with van der Waals surface area (Å²) in [4.78, 5) is 48.1. The Morgan fingerprint density at radius 2 is 1.85 bits per heavy atom. The largest absolute Gasteiger partial charge is 0.444 e. The van der Waals surface area contributed by atoms with Crippen LogP contribution in [0, 0.1) is 5.95 Å². The smallest absolute Gasteiger partial charge is 0.410 e. The van der Waals surface area contributed by atoms with Crippen molar-refractivity contribution in [1.82, 2.24) is 25.1 Å². The van der Waals surface area contributed by atoms with E-state index >= 15 is 0 Å². The molecule has 0 unspecified atom stereocenters. The zero-order valence-electron chi connectivity index (χ0n) is 19.7. The maximum absolute atomic E-state index is 14.1. The molecule has 1 aliphatic rings. The van der Waals surface area contributed by atoms with E-state index < -0.39 is 29.6 Å². The van der Waals surface area contributed by atoms with Crippen LogP contribution in [0.5, 0.6) is 0 Å². The molecule has 11 heteroatoms. The lowest BCUT2D eigenvalue weighted by molar-refractivity contribution is -0.134. The molecule has 3 amide bonds. The number of amides is 3. The van der Waals surface area contributed by atoms with Crippen molar-refractivity contribution in [2.75, 3.05) is 26.7 Å². The van der Waals surface area contributed by atoms with Crippen molar-refractivity contribution in [3.05, 3.63) is 46.6 Å². The summed E-state index contributed by atoms with van der Waals surface area (Å²) in [5, 5.41) is 2.52. The van der Waals surface area contributed by atoms with Gasteiger partial charge in [-0.3, -0.25) is 9.59 Å². The van der Waals surface area contributed by atoms with Crippen molar-refractivity contribution >= 4 is 29.5 Å². The number of piperazine rings is 1. The fourth-order valence-corrected chi connectivity index (χ4v) is 3.90. The second-order valence-electron chi connectivity index (χ2n) is 8.91. The van der Waals surface area contributed by atoms with Crippen molar-refractivity contribution < 1.29 is 23.5 Å². The average molecular weight is 492 g/mol. The van der Waals surface area contributed by atoms with Gasteiger partial charge in [-0.15, -0.1) is 0 Å². The van der Waals surface area contributed by atoms with Crippen LogP contribution in [-0.4, -0.2) is 70.0 Å². The number of halogens is 2. The molecular weight excluding hydrogens is 465 g/mol. The minimum Gasteiger partial charge on any atom is -0.444 e. The Kier molecular flexibility index (Phi) is 7.40. The van der Waals surface area contributed by atoms with Crippen LogP contribution < -0.4 is 5.32 Å². The lowest BCUT2D eigenvalue weighted by atomic mass is 10.0. The predicted octanol–water partition coefficient (Wildman–Crippen LogP) is 3.44. The van der Waals surface area contributed by atoms with Gasteiger partial charge in [0.15, 0.2) is 0 Å². The molecular formula is C23H27ClFN5O4. The van der Waals surface area contributed by atoms with Crippen LogP contribution in [0.3, 0.4) is 0 Å². The fraction of sp³-hybridized carbons (Fsp3) is 0.435. The van der Waals surface area contributed by atoms with Gasteiger partial charge in [-0.25, -0.2) is 14.8 Å². The molecule has 2 aromatic heterocycles. The molecule has 3 rings (SSSR count). The summed E-state index contributed by atoms with van der Waals surface area (Å²) in [5.74, 6) is -1.57. The lowest BCUT2D eigenvalue weighted by Crippen LogP contribution is -2.52. The van der Waals surface area contributed by atoms with Gasteiger partial charge in [0.1, 0.15) is 16.4 Å². The van der Waals surface area contributed by atoms with Crippen LogP contribution in [-0.2, 0) is 9.53 Å². The molecule has 1 N–H and O–H groups in total. The molecule has 9 nitrogen and oxygen atoms in total. The zero-order valence-corrected chi connectivity index (χ0v) is 20.4. The summed E-state index contributed by atoms with van der Waals surface area (Å²) in [7, 11) is 1.42. The quantitative estimate of drug-likeness (QED) is 0.659. The third-order valence-corrected chi connectivity index (χ3v) is 5.38. The minimum atomic E-state index is -0.849. The summed E-state index contributed by atoms with van der Waals surface area (Å²) in [6.45, 7) is 7.61. The van der Waals surface area contributed by atoms with Crippen molar-refractivity contribution in [1.29, 1.82) is 0 Å². The van der Waals surface area contributed by atoms with E-state index in [0.717, 1.165) is 6.07 Å². The lowest BCUT2D eigenvalue weighted by Gasteiger charge is -2.41. The third kappa shape index (κ3) is 5.99. The Labute approximate surface area is 202 Å². The van der Waals surface area contributed by atoms with Crippen molar-refractivity contribution in [2.24, 2.45) is 0 Å². The van der Waals surface area contributed by atoms with E-state index in [1.807, 2.05) is 0 Å². The Balaban J connectivity index is 2.00. The van der Waals surface area contributed by atoms with E-state index in [0.29, 0.717) is 29.9 Å². The first-order valence-electron chi connectivity index (χ1n) is 10.7. The first-order valence-corrected chi connectivity index (χ1v) is 11.1. The van der Waals surface area contributed by atoms with Crippen molar-refractivity contribution in [3.63, 3.8) is 0 Å². The molecule has 1 aliphatic heterocycles. The molecule has 34 heavy (non-hydrogen) atoms. The summed E-state index contributed by atoms with van der Waals surface area (Å²) in [6.07, 6.45) is -0.479. The second kappa shape index (κ2) is 9.92. The summed E-state index contributed by atoms with van der Waals surface area (Å²) in [5.41, 5.74) is 0.429. The van der Waals surface area contributed by atoms with Gasteiger partial charge in [0.2, 0.25) is 11.9 Å².